The van der Waals surface area contributed by atoms with Crippen molar-refractivity contribution in [2.24, 2.45) is 0 Å². The zero-order valence-electron chi connectivity index (χ0n) is 14.8. The summed E-state index contributed by atoms with van der Waals surface area (Å²) in [7, 11) is 0. The zero-order valence-corrected chi connectivity index (χ0v) is 14.8. The minimum atomic E-state index is -0.316. The van der Waals surface area contributed by atoms with Crippen LogP contribution in [-0.4, -0.2) is 51.8 Å². The Hall–Kier alpha value is -2.93. The third kappa shape index (κ3) is 3.04. The number of anilines is 1. The van der Waals surface area contributed by atoms with Gasteiger partial charge in [-0.15, -0.1) is 0 Å². The average molecular weight is 365 g/mol. The Labute approximate surface area is 156 Å². The molecule has 1 aromatic carbocycles. The Bertz CT molecular complexity index is 1010. The summed E-state index contributed by atoms with van der Waals surface area (Å²) < 4.78 is 22.2. The molecular weight excluding hydrogens is 345 g/mol. The van der Waals surface area contributed by atoms with Crippen LogP contribution in [0.15, 0.2) is 48.8 Å². The second-order valence-corrected chi connectivity index (χ2v) is 6.84. The summed E-state index contributed by atoms with van der Waals surface area (Å²) in [5.74, 6) is 1.10. The third-order valence-electron chi connectivity index (χ3n) is 5.13. The van der Waals surface area contributed by atoms with Gasteiger partial charge in [0.1, 0.15) is 24.0 Å². The second kappa shape index (κ2) is 6.66. The van der Waals surface area contributed by atoms with Gasteiger partial charge in [-0.25, -0.2) is 13.9 Å². The number of aromatic nitrogens is 3. The van der Waals surface area contributed by atoms with Crippen LogP contribution in [0.4, 0.5) is 10.2 Å². The number of rotatable bonds is 0. The number of ether oxygens (including phenoxy) is 1. The van der Waals surface area contributed by atoms with Gasteiger partial charge in [0, 0.05) is 37.0 Å². The largest absolute Gasteiger partial charge is 0.492 e. The Balaban J connectivity index is 1.61. The van der Waals surface area contributed by atoms with Crippen LogP contribution in [0, 0.1) is 5.82 Å². The van der Waals surface area contributed by atoms with E-state index in [9.17, 15) is 4.39 Å². The maximum Gasteiger partial charge on any atom is 0.165 e. The summed E-state index contributed by atoms with van der Waals surface area (Å²) in [6, 6.07) is 6.94. The number of hydrogen-bond acceptors (Lipinski definition) is 5. The standard InChI is InChI=1S/C20H20FN5O/c21-18-5-4-15-11-16(18)17-12-23-26-9-6-19(24-20(17)26)22-7-10-25-8-2-1-3-14(25)13-27-15/h1,3-6,9,11-12,14H,2,7-8,10,13H2,(H,22,24). The first-order valence-corrected chi connectivity index (χ1v) is 9.20. The van der Waals surface area contributed by atoms with Crippen molar-refractivity contribution in [1.29, 1.82) is 0 Å². The molecule has 2 aliphatic rings. The van der Waals surface area contributed by atoms with Crippen LogP contribution in [0.5, 0.6) is 5.75 Å². The first kappa shape index (κ1) is 16.3. The van der Waals surface area contributed by atoms with Crippen LogP contribution in [0.25, 0.3) is 16.8 Å². The molecule has 1 N–H and O–H groups in total. The van der Waals surface area contributed by atoms with Crippen LogP contribution < -0.4 is 10.1 Å². The van der Waals surface area contributed by atoms with Crippen molar-refractivity contribution in [3.8, 4) is 16.9 Å². The van der Waals surface area contributed by atoms with Crippen LogP contribution in [-0.2, 0) is 0 Å². The van der Waals surface area contributed by atoms with E-state index >= 15 is 0 Å². The van der Waals surface area contributed by atoms with Crippen molar-refractivity contribution in [1.82, 2.24) is 19.5 Å². The van der Waals surface area contributed by atoms with Gasteiger partial charge in [0.25, 0.3) is 0 Å². The maximum absolute atomic E-state index is 14.6. The molecule has 6 nitrogen and oxygen atoms in total. The molecule has 4 bridgehead atoms. The van der Waals surface area contributed by atoms with Gasteiger partial charge in [0.2, 0.25) is 0 Å². The molecule has 0 radical (unpaired) electrons. The molecule has 3 aromatic rings. The molecule has 138 valence electrons. The molecule has 1 unspecified atom stereocenters. The molecule has 0 aliphatic carbocycles. The lowest BCUT2D eigenvalue weighted by molar-refractivity contribution is 0.163. The minimum Gasteiger partial charge on any atom is -0.492 e. The molecule has 5 rings (SSSR count). The number of hydrogen-bond donors (Lipinski definition) is 1. The highest BCUT2D eigenvalue weighted by atomic mass is 19.1. The van der Waals surface area contributed by atoms with Gasteiger partial charge in [-0.3, -0.25) is 4.90 Å². The van der Waals surface area contributed by atoms with E-state index in [1.165, 1.54) is 6.07 Å². The molecule has 0 amide bonds. The van der Waals surface area contributed by atoms with Crippen LogP contribution >= 0.6 is 0 Å². The van der Waals surface area contributed by atoms with Crippen LogP contribution in [0.3, 0.4) is 0 Å². The minimum absolute atomic E-state index is 0.208. The summed E-state index contributed by atoms with van der Waals surface area (Å²) in [5.41, 5.74) is 1.71. The molecule has 0 fully saturated rings. The van der Waals surface area contributed by atoms with Gasteiger partial charge >= 0.3 is 0 Å². The Morgan fingerprint density at radius 1 is 1.19 bits per heavy atom. The van der Waals surface area contributed by atoms with E-state index in [4.69, 9.17) is 4.74 Å². The number of fused-ring (bicyclic) bond motifs is 5. The summed E-state index contributed by atoms with van der Waals surface area (Å²) in [5, 5.41) is 7.68. The van der Waals surface area contributed by atoms with E-state index in [-0.39, 0.29) is 11.9 Å². The molecule has 0 saturated carbocycles. The van der Waals surface area contributed by atoms with Gasteiger partial charge in [0.15, 0.2) is 5.65 Å². The SMILES string of the molecule is Fc1ccc2cc1-c1cnn3ccc(nc13)NCCN1CCC=CC1CO2. The number of halogens is 1. The van der Waals surface area contributed by atoms with E-state index in [2.05, 4.69) is 32.5 Å². The van der Waals surface area contributed by atoms with Crippen molar-refractivity contribution in [3.63, 3.8) is 0 Å². The quantitative estimate of drug-likeness (QED) is 0.621. The fourth-order valence-electron chi connectivity index (χ4n) is 3.69. The first-order chi connectivity index (χ1) is 13.3. The van der Waals surface area contributed by atoms with Crippen LogP contribution in [0.1, 0.15) is 6.42 Å². The van der Waals surface area contributed by atoms with E-state index in [0.29, 0.717) is 29.1 Å². The lowest BCUT2D eigenvalue weighted by Crippen LogP contribution is -2.43. The Morgan fingerprint density at radius 2 is 2.15 bits per heavy atom. The predicted molar refractivity (Wildman–Crippen MR) is 101 cm³/mol. The Kier molecular flexibility index (Phi) is 4.01. The Morgan fingerprint density at radius 3 is 3.11 bits per heavy atom. The molecule has 7 heteroatoms. The molecular formula is C20H20FN5O. The van der Waals surface area contributed by atoms with E-state index in [1.807, 2.05) is 12.3 Å². The molecule has 4 heterocycles. The molecule has 27 heavy (non-hydrogen) atoms. The fourth-order valence-corrected chi connectivity index (χ4v) is 3.69. The summed E-state index contributed by atoms with van der Waals surface area (Å²) in [4.78, 5) is 7.05. The summed E-state index contributed by atoms with van der Waals surface area (Å²) in [6.45, 7) is 3.21. The highest BCUT2D eigenvalue weighted by molar-refractivity contribution is 5.78. The molecule has 0 spiro atoms. The van der Waals surface area contributed by atoms with E-state index in [1.54, 1.807) is 22.8 Å². The second-order valence-electron chi connectivity index (χ2n) is 6.84. The topological polar surface area (TPSA) is 54.7 Å². The molecule has 2 aliphatic heterocycles. The highest BCUT2D eigenvalue weighted by Gasteiger charge is 2.20. The molecule has 1 atom stereocenters. The normalized spacial score (nSPS) is 20.0. The first-order valence-electron chi connectivity index (χ1n) is 9.20. The van der Waals surface area contributed by atoms with Crippen LogP contribution in [0.2, 0.25) is 0 Å². The van der Waals surface area contributed by atoms with Gasteiger partial charge in [-0.2, -0.15) is 5.10 Å². The van der Waals surface area contributed by atoms with Gasteiger partial charge in [-0.1, -0.05) is 12.2 Å². The zero-order chi connectivity index (χ0) is 18.2. The molecule has 0 saturated heterocycles. The number of benzene rings is 1. The fraction of sp³-hybridized carbons (Fsp3) is 0.300. The monoisotopic (exact) mass is 365 g/mol. The maximum atomic E-state index is 14.6. The predicted octanol–water partition coefficient (Wildman–Crippen LogP) is 2.97. The number of nitrogens with zero attached hydrogens (tertiary/aromatic N) is 4. The van der Waals surface area contributed by atoms with Crippen molar-refractivity contribution in [2.75, 3.05) is 31.6 Å². The van der Waals surface area contributed by atoms with Crippen molar-refractivity contribution >= 4 is 11.5 Å². The lowest BCUT2D eigenvalue weighted by atomic mass is 10.1. The third-order valence-corrected chi connectivity index (χ3v) is 5.13. The molecule has 2 aromatic heterocycles. The average Bonchev–Trinajstić information content (AvgIpc) is 3.11. The van der Waals surface area contributed by atoms with Crippen molar-refractivity contribution in [2.45, 2.75) is 12.5 Å². The summed E-state index contributed by atoms with van der Waals surface area (Å²) >= 11 is 0. The lowest BCUT2D eigenvalue weighted by Gasteiger charge is -2.32. The highest BCUT2D eigenvalue weighted by Crippen LogP contribution is 2.30. The van der Waals surface area contributed by atoms with Gasteiger partial charge in [0.05, 0.1) is 12.2 Å². The van der Waals surface area contributed by atoms with E-state index < -0.39 is 0 Å². The van der Waals surface area contributed by atoms with Crippen molar-refractivity contribution < 1.29 is 9.13 Å². The van der Waals surface area contributed by atoms with Gasteiger partial charge in [-0.05, 0) is 30.7 Å². The van der Waals surface area contributed by atoms with Gasteiger partial charge < -0.3 is 10.1 Å². The van der Waals surface area contributed by atoms with E-state index in [0.717, 1.165) is 31.9 Å². The smallest absolute Gasteiger partial charge is 0.165 e. The van der Waals surface area contributed by atoms with Crippen molar-refractivity contribution in [3.05, 3.63) is 54.6 Å². The summed E-state index contributed by atoms with van der Waals surface area (Å²) in [6.07, 6.45) is 8.92. The number of nitrogens with one attached hydrogen (secondary N) is 1.